The number of piperidine rings is 1. The van der Waals surface area contributed by atoms with Gasteiger partial charge in [-0.15, -0.1) is 0 Å². The minimum absolute atomic E-state index is 0.168. The smallest absolute Gasteiger partial charge is 0.407 e. The van der Waals surface area contributed by atoms with Gasteiger partial charge in [-0.2, -0.15) is 0 Å². The molecule has 5 nitrogen and oxygen atoms in total. The Hall–Kier alpha value is -0.810. The molecular formula is C15H31N3O2. The molecule has 2 unspecified atom stereocenters. The molecule has 0 saturated carbocycles. The van der Waals surface area contributed by atoms with Crippen molar-refractivity contribution in [2.24, 2.45) is 17.1 Å². The maximum atomic E-state index is 11.6. The van der Waals surface area contributed by atoms with E-state index < -0.39 is 0 Å². The fourth-order valence-corrected chi connectivity index (χ4v) is 3.13. The van der Waals surface area contributed by atoms with E-state index in [0.717, 1.165) is 32.5 Å². The van der Waals surface area contributed by atoms with Gasteiger partial charge in [0.1, 0.15) is 0 Å². The number of carbonyl (C=O) groups excluding carboxylic acids is 1. The predicted molar refractivity (Wildman–Crippen MR) is 81.6 cm³/mol. The maximum absolute atomic E-state index is 11.6. The van der Waals surface area contributed by atoms with Crippen LogP contribution in [-0.4, -0.2) is 49.8 Å². The average molecular weight is 285 g/mol. The largest absolute Gasteiger partial charge is 0.450 e. The summed E-state index contributed by atoms with van der Waals surface area (Å²) in [6, 6.07) is 0.168. The Bertz CT molecular complexity index is 302. The third kappa shape index (κ3) is 6.57. The number of amides is 1. The van der Waals surface area contributed by atoms with Crippen LogP contribution in [0.4, 0.5) is 4.79 Å². The highest BCUT2D eigenvalue weighted by Gasteiger charge is 2.30. The summed E-state index contributed by atoms with van der Waals surface area (Å²) < 4.78 is 4.98. The van der Waals surface area contributed by atoms with Gasteiger partial charge in [-0.25, -0.2) is 4.79 Å². The second kappa shape index (κ2) is 7.84. The molecule has 0 aliphatic carbocycles. The summed E-state index contributed by atoms with van der Waals surface area (Å²) in [5.41, 5.74) is 5.98. The molecule has 0 spiro atoms. The van der Waals surface area contributed by atoms with Gasteiger partial charge in [-0.3, -0.25) is 4.90 Å². The number of ether oxygens (including phenoxy) is 1. The van der Waals surface area contributed by atoms with Gasteiger partial charge in [-0.1, -0.05) is 20.8 Å². The van der Waals surface area contributed by atoms with Crippen molar-refractivity contribution in [3.63, 3.8) is 0 Å². The van der Waals surface area contributed by atoms with E-state index in [0.29, 0.717) is 24.5 Å². The zero-order valence-corrected chi connectivity index (χ0v) is 13.4. The molecule has 1 fully saturated rings. The third-order valence-electron chi connectivity index (χ3n) is 3.56. The summed E-state index contributed by atoms with van der Waals surface area (Å²) in [7, 11) is 0. The van der Waals surface area contributed by atoms with Crippen molar-refractivity contribution in [3.8, 4) is 0 Å². The fraction of sp³-hybridized carbons (Fsp3) is 0.933. The number of rotatable bonds is 5. The lowest BCUT2D eigenvalue weighted by Gasteiger charge is -2.40. The fourth-order valence-electron chi connectivity index (χ4n) is 3.13. The first-order chi connectivity index (χ1) is 9.34. The van der Waals surface area contributed by atoms with Crippen molar-refractivity contribution in [3.05, 3.63) is 0 Å². The van der Waals surface area contributed by atoms with Crippen LogP contribution in [0.25, 0.3) is 0 Å². The summed E-state index contributed by atoms with van der Waals surface area (Å²) in [6.07, 6.45) is 1.88. The Morgan fingerprint density at radius 3 is 2.65 bits per heavy atom. The van der Waals surface area contributed by atoms with Gasteiger partial charge in [0, 0.05) is 32.2 Å². The van der Waals surface area contributed by atoms with Gasteiger partial charge in [0.15, 0.2) is 0 Å². The highest BCUT2D eigenvalue weighted by Crippen LogP contribution is 2.30. The van der Waals surface area contributed by atoms with E-state index in [1.165, 1.54) is 0 Å². The Balaban J connectivity index is 2.58. The van der Waals surface area contributed by atoms with Crippen LogP contribution in [0.15, 0.2) is 0 Å². The van der Waals surface area contributed by atoms with E-state index in [1.807, 2.05) is 6.92 Å². The Morgan fingerprint density at radius 1 is 1.40 bits per heavy atom. The molecule has 1 rings (SSSR count). The first-order valence-corrected chi connectivity index (χ1v) is 7.69. The normalized spacial score (nSPS) is 24.4. The second-order valence-electron chi connectivity index (χ2n) is 6.98. The van der Waals surface area contributed by atoms with Crippen LogP contribution in [0, 0.1) is 11.3 Å². The minimum atomic E-state index is -0.304. The van der Waals surface area contributed by atoms with Gasteiger partial charge >= 0.3 is 6.09 Å². The molecule has 0 radical (unpaired) electrons. The van der Waals surface area contributed by atoms with Crippen LogP contribution in [0.5, 0.6) is 0 Å². The van der Waals surface area contributed by atoms with Gasteiger partial charge < -0.3 is 15.8 Å². The van der Waals surface area contributed by atoms with E-state index in [2.05, 4.69) is 31.0 Å². The van der Waals surface area contributed by atoms with E-state index in [1.54, 1.807) is 0 Å². The molecule has 1 saturated heterocycles. The van der Waals surface area contributed by atoms with Gasteiger partial charge in [0.05, 0.1) is 6.61 Å². The number of carbonyl (C=O) groups is 1. The molecule has 1 aliphatic heterocycles. The van der Waals surface area contributed by atoms with Gasteiger partial charge in [-0.05, 0) is 31.1 Å². The van der Waals surface area contributed by atoms with Crippen molar-refractivity contribution in [2.45, 2.75) is 46.6 Å². The lowest BCUT2D eigenvalue weighted by molar-refractivity contribution is 0.103. The SMILES string of the molecule is CCOC(=O)NC1CC(CC(C)(C)C)CN(CCN)C1. The van der Waals surface area contributed by atoms with E-state index in [9.17, 15) is 4.79 Å². The van der Waals surface area contributed by atoms with Crippen LogP contribution in [-0.2, 0) is 4.74 Å². The molecule has 2 atom stereocenters. The summed E-state index contributed by atoms with van der Waals surface area (Å²) in [6.45, 7) is 12.5. The second-order valence-corrected chi connectivity index (χ2v) is 6.98. The van der Waals surface area contributed by atoms with Crippen molar-refractivity contribution < 1.29 is 9.53 Å². The quantitative estimate of drug-likeness (QED) is 0.808. The zero-order chi connectivity index (χ0) is 15.2. The van der Waals surface area contributed by atoms with Crippen molar-refractivity contribution in [1.82, 2.24) is 10.2 Å². The number of hydrogen-bond acceptors (Lipinski definition) is 4. The lowest BCUT2D eigenvalue weighted by Crippen LogP contribution is -2.52. The Morgan fingerprint density at radius 2 is 2.10 bits per heavy atom. The molecule has 0 bridgehead atoms. The topological polar surface area (TPSA) is 67.6 Å². The number of alkyl carbamates (subject to hydrolysis) is 1. The van der Waals surface area contributed by atoms with Crippen LogP contribution in [0.3, 0.4) is 0 Å². The van der Waals surface area contributed by atoms with Crippen molar-refractivity contribution in [2.75, 3.05) is 32.8 Å². The standard InChI is InChI=1S/C15H31N3O2/c1-5-20-14(19)17-13-8-12(9-15(2,3)4)10-18(11-13)7-6-16/h12-13H,5-11,16H2,1-4H3,(H,17,19). The molecule has 1 amide bonds. The summed E-state index contributed by atoms with van der Waals surface area (Å²) in [5.74, 6) is 0.599. The number of likely N-dealkylation sites (tertiary alicyclic amines) is 1. The first kappa shape index (κ1) is 17.2. The number of nitrogens with two attached hydrogens (primary N) is 1. The summed E-state index contributed by atoms with van der Waals surface area (Å²) in [5, 5.41) is 2.98. The average Bonchev–Trinajstić information content (AvgIpc) is 2.26. The summed E-state index contributed by atoms with van der Waals surface area (Å²) in [4.78, 5) is 13.9. The molecule has 1 aliphatic rings. The van der Waals surface area contributed by atoms with Crippen LogP contribution >= 0.6 is 0 Å². The van der Waals surface area contributed by atoms with Gasteiger partial charge in [0.25, 0.3) is 0 Å². The Kier molecular flexibility index (Phi) is 6.76. The van der Waals surface area contributed by atoms with E-state index in [-0.39, 0.29) is 12.1 Å². The van der Waals surface area contributed by atoms with Crippen molar-refractivity contribution >= 4 is 6.09 Å². The van der Waals surface area contributed by atoms with Crippen LogP contribution in [0.2, 0.25) is 0 Å². The summed E-state index contributed by atoms with van der Waals surface area (Å²) >= 11 is 0. The molecule has 20 heavy (non-hydrogen) atoms. The first-order valence-electron chi connectivity index (χ1n) is 7.69. The molecule has 5 heteroatoms. The minimum Gasteiger partial charge on any atom is -0.450 e. The number of nitrogens with one attached hydrogen (secondary N) is 1. The van der Waals surface area contributed by atoms with Crippen molar-refractivity contribution in [1.29, 1.82) is 0 Å². The molecule has 0 aromatic carbocycles. The Labute approximate surface area is 123 Å². The molecule has 0 aromatic rings. The monoisotopic (exact) mass is 285 g/mol. The van der Waals surface area contributed by atoms with E-state index in [4.69, 9.17) is 10.5 Å². The number of hydrogen-bond donors (Lipinski definition) is 2. The maximum Gasteiger partial charge on any atom is 0.407 e. The highest BCUT2D eigenvalue weighted by molar-refractivity contribution is 5.67. The highest BCUT2D eigenvalue weighted by atomic mass is 16.5. The lowest BCUT2D eigenvalue weighted by atomic mass is 9.80. The molecule has 0 aromatic heterocycles. The predicted octanol–water partition coefficient (Wildman–Crippen LogP) is 1.82. The number of nitrogens with zero attached hydrogens (tertiary/aromatic N) is 1. The molecular weight excluding hydrogens is 254 g/mol. The van der Waals surface area contributed by atoms with E-state index >= 15 is 0 Å². The van der Waals surface area contributed by atoms with Crippen LogP contribution in [0.1, 0.15) is 40.5 Å². The molecule has 118 valence electrons. The molecule has 3 N–H and O–H groups in total. The third-order valence-corrected chi connectivity index (χ3v) is 3.56. The van der Waals surface area contributed by atoms with Gasteiger partial charge in [0.2, 0.25) is 0 Å². The molecule has 1 heterocycles. The zero-order valence-electron chi connectivity index (χ0n) is 13.4. The van der Waals surface area contributed by atoms with Crippen LogP contribution < -0.4 is 11.1 Å².